The van der Waals surface area contributed by atoms with Crippen molar-refractivity contribution in [1.82, 2.24) is 4.98 Å². The van der Waals surface area contributed by atoms with Gasteiger partial charge in [-0.05, 0) is 24.6 Å². The van der Waals surface area contributed by atoms with Crippen LogP contribution in [0.1, 0.15) is 17.3 Å². The summed E-state index contributed by atoms with van der Waals surface area (Å²) in [6, 6.07) is 10.4. The maximum atomic E-state index is 11.1. The predicted molar refractivity (Wildman–Crippen MR) is 67.8 cm³/mol. The zero-order valence-corrected chi connectivity index (χ0v) is 9.96. The van der Waals surface area contributed by atoms with Crippen LogP contribution in [0.4, 0.5) is 0 Å². The molecule has 0 aliphatic carbocycles. The van der Waals surface area contributed by atoms with Gasteiger partial charge in [-0.15, -0.1) is 0 Å². The van der Waals surface area contributed by atoms with E-state index in [0.29, 0.717) is 18.1 Å². The van der Waals surface area contributed by atoms with Crippen molar-refractivity contribution in [1.29, 1.82) is 0 Å². The van der Waals surface area contributed by atoms with Gasteiger partial charge in [-0.3, -0.25) is 0 Å². The van der Waals surface area contributed by atoms with Gasteiger partial charge >= 0.3 is 5.97 Å². The predicted octanol–water partition coefficient (Wildman–Crippen LogP) is 2.85. The zero-order chi connectivity index (χ0) is 13.0. The molecule has 0 spiro atoms. The number of ether oxygens (including phenoxy) is 1. The van der Waals surface area contributed by atoms with Crippen molar-refractivity contribution in [3.63, 3.8) is 0 Å². The maximum absolute atomic E-state index is 11.1. The first kappa shape index (κ1) is 12.1. The number of benzene rings is 1. The second kappa shape index (κ2) is 5.31. The van der Waals surface area contributed by atoms with E-state index in [-0.39, 0.29) is 5.56 Å². The van der Waals surface area contributed by atoms with Crippen LogP contribution in [-0.2, 0) is 0 Å². The molecule has 0 aliphatic rings. The van der Waals surface area contributed by atoms with Crippen molar-refractivity contribution in [2.24, 2.45) is 0 Å². The molecule has 0 saturated heterocycles. The van der Waals surface area contributed by atoms with E-state index >= 15 is 0 Å². The van der Waals surface area contributed by atoms with Crippen LogP contribution in [0.2, 0.25) is 0 Å². The van der Waals surface area contributed by atoms with E-state index in [1.54, 1.807) is 42.6 Å². The number of hydrogen-bond acceptors (Lipinski definition) is 3. The van der Waals surface area contributed by atoms with Gasteiger partial charge in [-0.1, -0.05) is 18.2 Å². The van der Waals surface area contributed by atoms with E-state index in [2.05, 4.69) is 4.98 Å². The lowest BCUT2D eigenvalue weighted by atomic mass is 10.0. The molecule has 92 valence electrons. The summed E-state index contributed by atoms with van der Waals surface area (Å²) >= 11 is 0. The Morgan fingerprint density at radius 1 is 1.28 bits per heavy atom. The molecule has 0 aliphatic heterocycles. The molecule has 2 aromatic rings. The van der Waals surface area contributed by atoms with E-state index in [0.717, 1.165) is 5.56 Å². The number of nitrogens with zero attached hydrogens (tertiary/aromatic N) is 1. The first-order valence-electron chi connectivity index (χ1n) is 5.64. The molecule has 1 aromatic carbocycles. The van der Waals surface area contributed by atoms with Gasteiger partial charge in [0, 0.05) is 17.8 Å². The fourth-order valence-corrected chi connectivity index (χ4v) is 1.69. The van der Waals surface area contributed by atoms with Crippen LogP contribution in [0.15, 0.2) is 42.6 Å². The molecule has 0 saturated carbocycles. The summed E-state index contributed by atoms with van der Waals surface area (Å²) in [5.41, 5.74) is 1.68. The topological polar surface area (TPSA) is 59.4 Å². The largest absolute Gasteiger partial charge is 0.478 e. The van der Waals surface area contributed by atoms with Gasteiger partial charge in [0.15, 0.2) is 0 Å². The molecule has 0 atom stereocenters. The Morgan fingerprint density at radius 2 is 2.06 bits per heavy atom. The number of hydrogen-bond donors (Lipinski definition) is 1. The third-order valence-electron chi connectivity index (χ3n) is 2.50. The lowest BCUT2D eigenvalue weighted by Gasteiger charge is -2.07. The Bertz CT molecular complexity index is 549. The molecule has 0 unspecified atom stereocenters. The number of aromatic nitrogens is 1. The van der Waals surface area contributed by atoms with Gasteiger partial charge in [0.25, 0.3) is 0 Å². The first-order valence-corrected chi connectivity index (χ1v) is 5.64. The fraction of sp³-hybridized carbons (Fsp3) is 0.143. The molecule has 0 bridgehead atoms. The third kappa shape index (κ3) is 2.48. The van der Waals surface area contributed by atoms with E-state index < -0.39 is 5.97 Å². The second-order valence-electron chi connectivity index (χ2n) is 3.67. The van der Waals surface area contributed by atoms with Gasteiger partial charge in [0.2, 0.25) is 5.88 Å². The molecule has 4 nitrogen and oxygen atoms in total. The van der Waals surface area contributed by atoms with Crippen molar-refractivity contribution >= 4 is 5.97 Å². The van der Waals surface area contributed by atoms with Gasteiger partial charge in [0.05, 0.1) is 12.2 Å². The highest BCUT2D eigenvalue weighted by molar-refractivity contribution is 5.95. The molecule has 1 N–H and O–H groups in total. The van der Waals surface area contributed by atoms with Crippen LogP contribution in [-0.4, -0.2) is 22.7 Å². The summed E-state index contributed by atoms with van der Waals surface area (Å²) in [5, 5.41) is 9.12. The Balaban J connectivity index is 2.39. The Morgan fingerprint density at radius 3 is 2.67 bits per heavy atom. The molecule has 0 fully saturated rings. The summed E-state index contributed by atoms with van der Waals surface area (Å²) in [4.78, 5) is 15.2. The van der Waals surface area contributed by atoms with E-state index in [1.807, 2.05) is 6.92 Å². The highest BCUT2D eigenvalue weighted by atomic mass is 16.5. The van der Waals surface area contributed by atoms with Crippen LogP contribution >= 0.6 is 0 Å². The first-order chi connectivity index (χ1) is 8.72. The fourth-order valence-electron chi connectivity index (χ4n) is 1.69. The van der Waals surface area contributed by atoms with Crippen molar-refractivity contribution in [3.8, 4) is 17.0 Å². The summed E-state index contributed by atoms with van der Waals surface area (Å²) in [6.07, 6.45) is 1.62. The molecule has 1 aromatic heterocycles. The van der Waals surface area contributed by atoms with E-state index in [1.165, 1.54) is 0 Å². The number of rotatable bonds is 4. The molecule has 2 rings (SSSR count). The van der Waals surface area contributed by atoms with Crippen LogP contribution in [0.5, 0.6) is 5.88 Å². The number of pyridine rings is 1. The van der Waals surface area contributed by atoms with Crippen molar-refractivity contribution in [2.45, 2.75) is 6.92 Å². The van der Waals surface area contributed by atoms with Crippen molar-refractivity contribution in [2.75, 3.05) is 6.61 Å². The Hall–Kier alpha value is -2.36. The van der Waals surface area contributed by atoms with Crippen LogP contribution < -0.4 is 4.74 Å². The smallest absolute Gasteiger partial charge is 0.336 e. The van der Waals surface area contributed by atoms with Gasteiger partial charge in [-0.2, -0.15) is 0 Å². The molecular weight excluding hydrogens is 230 g/mol. The van der Waals surface area contributed by atoms with E-state index in [9.17, 15) is 4.79 Å². The minimum atomic E-state index is -0.945. The van der Waals surface area contributed by atoms with Crippen LogP contribution in [0.25, 0.3) is 11.1 Å². The molecule has 0 amide bonds. The lowest BCUT2D eigenvalue weighted by Crippen LogP contribution is -1.99. The second-order valence-corrected chi connectivity index (χ2v) is 3.67. The lowest BCUT2D eigenvalue weighted by molar-refractivity contribution is 0.0697. The third-order valence-corrected chi connectivity index (χ3v) is 2.50. The molecule has 0 radical (unpaired) electrons. The SMILES string of the molecule is CCOc1ccc(-c2ccccc2C(=O)O)cn1. The minimum Gasteiger partial charge on any atom is -0.478 e. The van der Waals surface area contributed by atoms with Gasteiger partial charge < -0.3 is 9.84 Å². The van der Waals surface area contributed by atoms with Crippen LogP contribution in [0.3, 0.4) is 0 Å². The number of carbonyl (C=O) groups is 1. The van der Waals surface area contributed by atoms with Crippen molar-refractivity contribution in [3.05, 3.63) is 48.2 Å². The summed E-state index contributed by atoms with van der Waals surface area (Å²) in [7, 11) is 0. The Labute approximate surface area is 105 Å². The molecule has 18 heavy (non-hydrogen) atoms. The summed E-state index contributed by atoms with van der Waals surface area (Å²) in [6.45, 7) is 2.44. The average molecular weight is 243 g/mol. The highest BCUT2D eigenvalue weighted by Crippen LogP contribution is 2.24. The Kier molecular flexibility index (Phi) is 3.57. The normalized spacial score (nSPS) is 10.1. The van der Waals surface area contributed by atoms with Crippen LogP contribution in [0, 0.1) is 0 Å². The quantitative estimate of drug-likeness (QED) is 0.897. The standard InChI is InChI=1S/C14H13NO3/c1-2-18-13-8-7-10(9-15-13)11-5-3-4-6-12(11)14(16)17/h3-9H,2H2,1H3,(H,16,17). The summed E-state index contributed by atoms with van der Waals surface area (Å²) < 4.78 is 5.25. The highest BCUT2D eigenvalue weighted by Gasteiger charge is 2.10. The number of carboxylic acid groups (broad SMARTS) is 1. The number of carboxylic acids is 1. The number of aromatic carboxylic acids is 1. The molecular formula is C14H13NO3. The zero-order valence-electron chi connectivity index (χ0n) is 9.96. The van der Waals surface area contributed by atoms with Gasteiger partial charge in [0.1, 0.15) is 0 Å². The average Bonchev–Trinajstić information content (AvgIpc) is 2.40. The minimum absolute atomic E-state index is 0.267. The maximum Gasteiger partial charge on any atom is 0.336 e. The molecule has 4 heteroatoms. The van der Waals surface area contributed by atoms with Crippen molar-refractivity contribution < 1.29 is 14.6 Å². The summed E-state index contributed by atoms with van der Waals surface area (Å²) in [5.74, 6) is -0.409. The molecule has 1 heterocycles. The monoisotopic (exact) mass is 243 g/mol. The van der Waals surface area contributed by atoms with Gasteiger partial charge in [-0.25, -0.2) is 9.78 Å². The van der Waals surface area contributed by atoms with E-state index in [4.69, 9.17) is 9.84 Å².